The molecule has 1 aliphatic carbocycles. The SMILES string of the molecule is NC(=O)OCC(Cc1ccccc1)NC(=O)NCC1CCCC2(CCC2)O1. The van der Waals surface area contributed by atoms with Gasteiger partial charge in [-0.05, 0) is 50.5 Å². The molecule has 0 radical (unpaired) electrons. The number of ether oxygens (including phenoxy) is 2. The molecule has 3 rings (SSSR count). The minimum Gasteiger partial charge on any atom is -0.448 e. The van der Waals surface area contributed by atoms with Gasteiger partial charge in [-0.15, -0.1) is 0 Å². The summed E-state index contributed by atoms with van der Waals surface area (Å²) in [7, 11) is 0. The lowest BCUT2D eigenvalue weighted by molar-refractivity contribution is -0.166. The highest BCUT2D eigenvalue weighted by Crippen LogP contribution is 2.43. The summed E-state index contributed by atoms with van der Waals surface area (Å²) in [5, 5.41) is 5.77. The molecule has 1 saturated heterocycles. The van der Waals surface area contributed by atoms with Crippen LogP contribution in [0.25, 0.3) is 0 Å². The second kappa shape index (κ2) is 9.08. The molecule has 1 aliphatic heterocycles. The fraction of sp³-hybridized carbons (Fsp3) is 0.600. The van der Waals surface area contributed by atoms with Gasteiger partial charge in [0.1, 0.15) is 6.61 Å². The van der Waals surface area contributed by atoms with E-state index < -0.39 is 6.09 Å². The Hall–Kier alpha value is -2.28. The molecule has 4 N–H and O–H groups in total. The fourth-order valence-electron chi connectivity index (χ4n) is 3.88. The first-order valence-corrected chi connectivity index (χ1v) is 9.73. The molecule has 2 aliphatic rings. The van der Waals surface area contributed by atoms with Crippen molar-refractivity contribution in [3.63, 3.8) is 0 Å². The Labute approximate surface area is 160 Å². The van der Waals surface area contributed by atoms with Crippen LogP contribution in [0.15, 0.2) is 30.3 Å². The number of hydrogen-bond acceptors (Lipinski definition) is 4. The van der Waals surface area contributed by atoms with E-state index in [0.717, 1.165) is 37.7 Å². The van der Waals surface area contributed by atoms with Crippen LogP contribution in [0.3, 0.4) is 0 Å². The van der Waals surface area contributed by atoms with E-state index in [-0.39, 0.29) is 30.4 Å². The highest BCUT2D eigenvalue weighted by molar-refractivity contribution is 5.74. The maximum absolute atomic E-state index is 12.3. The van der Waals surface area contributed by atoms with E-state index in [9.17, 15) is 9.59 Å². The quantitative estimate of drug-likeness (QED) is 0.681. The highest BCUT2D eigenvalue weighted by atomic mass is 16.5. The first kappa shape index (κ1) is 19.5. The van der Waals surface area contributed by atoms with E-state index in [4.69, 9.17) is 15.2 Å². The van der Waals surface area contributed by atoms with Crippen molar-refractivity contribution in [1.82, 2.24) is 10.6 Å². The molecule has 0 bridgehead atoms. The van der Waals surface area contributed by atoms with Crippen LogP contribution >= 0.6 is 0 Å². The summed E-state index contributed by atoms with van der Waals surface area (Å²) >= 11 is 0. The molecule has 2 fully saturated rings. The van der Waals surface area contributed by atoms with Gasteiger partial charge in [0.15, 0.2) is 0 Å². The second-order valence-electron chi connectivity index (χ2n) is 7.54. The zero-order chi connectivity index (χ0) is 19.1. The van der Waals surface area contributed by atoms with Crippen LogP contribution in [0.1, 0.15) is 44.1 Å². The molecular formula is C20H29N3O4. The number of nitrogens with two attached hydrogens (primary N) is 1. The first-order chi connectivity index (χ1) is 13.0. The van der Waals surface area contributed by atoms with E-state index in [1.807, 2.05) is 30.3 Å². The highest BCUT2D eigenvalue weighted by Gasteiger charge is 2.42. The maximum atomic E-state index is 12.3. The van der Waals surface area contributed by atoms with Crippen LogP contribution < -0.4 is 16.4 Å². The van der Waals surface area contributed by atoms with E-state index in [1.54, 1.807) is 0 Å². The van der Waals surface area contributed by atoms with E-state index in [1.165, 1.54) is 6.42 Å². The summed E-state index contributed by atoms with van der Waals surface area (Å²) in [5.41, 5.74) is 6.18. The normalized spacial score (nSPS) is 21.7. The van der Waals surface area contributed by atoms with Gasteiger partial charge in [-0.2, -0.15) is 0 Å². The van der Waals surface area contributed by atoms with Crippen molar-refractivity contribution in [2.24, 2.45) is 5.73 Å². The molecule has 2 atom stereocenters. The van der Waals surface area contributed by atoms with Gasteiger partial charge >= 0.3 is 12.1 Å². The molecule has 3 amide bonds. The zero-order valence-electron chi connectivity index (χ0n) is 15.6. The summed E-state index contributed by atoms with van der Waals surface area (Å²) < 4.78 is 11.1. The molecule has 27 heavy (non-hydrogen) atoms. The van der Waals surface area contributed by atoms with Crippen LogP contribution in [-0.4, -0.2) is 43.0 Å². The van der Waals surface area contributed by atoms with Gasteiger partial charge < -0.3 is 25.8 Å². The Kier molecular flexibility index (Phi) is 6.55. The number of rotatable bonds is 7. The van der Waals surface area contributed by atoms with Gasteiger partial charge in [0, 0.05) is 6.54 Å². The molecule has 1 heterocycles. The summed E-state index contributed by atoms with van der Waals surface area (Å²) in [6, 6.07) is 9.06. The van der Waals surface area contributed by atoms with Gasteiger partial charge in [-0.1, -0.05) is 30.3 Å². The van der Waals surface area contributed by atoms with Gasteiger partial charge in [0.2, 0.25) is 0 Å². The van der Waals surface area contributed by atoms with Crippen molar-refractivity contribution in [3.05, 3.63) is 35.9 Å². The fourth-order valence-corrected chi connectivity index (χ4v) is 3.88. The summed E-state index contributed by atoms with van der Waals surface area (Å²) in [6.45, 7) is 0.517. The molecule has 7 heteroatoms. The smallest absolute Gasteiger partial charge is 0.404 e. The molecular weight excluding hydrogens is 346 g/mol. The minimum atomic E-state index is -0.850. The Morgan fingerprint density at radius 3 is 2.63 bits per heavy atom. The van der Waals surface area contributed by atoms with Crippen LogP contribution in [0.4, 0.5) is 9.59 Å². The Morgan fingerprint density at radius 1 is 1.22 bits per heavy atom. The number of carbonyl (C=O) groups is 2. The number of primary amides is 1. The molecule has 1 saturated carbocycles. The third kappa shape index (κ3) is 5.85. The van der Waals surface area contributed by atoms with Crippen molar-refractivity contribution in [2.75, 3.05) is 13.2 Å². The molecule has 0 aromatic heterocycles. The monoisotopic (exact) mass is 375 g/mol. The minimum absolute atomic E-state index is 0.0285. The Bertz CT molecular complexity index is 633. The number of urea groups is 1. The maximum Gasteiger partial charge on any atom is 0.404 e. The van der Waals surface area contributed by atoms with Crippen molar-refractivity contribution < 1.29 is 19.1 Å². The number of amides is 3. The molecule has 148 valence electrons. The Morgan fingerprint density at radius 2 is 1.96 bits per heavy atom. The average Bonchev–Trinajstić information content (AvgIpc) is 2.64. The number of nitrogens with one attached hydrogen (secondary N) is 2. The standard InChI is InChI=1S/C20H29N3O4/c21-18(24)26-14-16(12-15-6-2-1-3-7-15)23-19(25)22-13-17-8-4-9-20(27-17)10-5-11-20/h1-3,6-7,16-17H,4-5,8-14H2,(H2,21,24)(H2,22,23,25). The zero-order valence-corrected chi connectivity index (χ0v) is 15.6. The van der Waals surface area contributed by atoms with Crippen molar-refractivity contribution in [3.8, 4) is 0 Å². The lowest BCUT2D eigenvalue weighted by Gasteiger charge is -2.47. The van der Waals surface area contributed by atoms with Gasteiger partial charge in [0.25, 0.3) is 0 Å². The summed E-state index contributed by atoms with van der Waals surface area (Å²) in [4.78, 5) is 23.3. The largest absolute Gasteiger partial charge is 0.448 e. The first-order valence-electron chi connectivity index (χ1n) is 9.73. The molecule has 2 unspecified atom stereocenters. The Balaban J connectivity index is 1.46. The number of carbonyl (C=O) groups excluding carboxylic acids is 2. The van der Waals surface area contributed by atoms with Crippen molar-refractivity contribution in [1.29, 1.82) is 0 Å². The second-order valence-corrected chi connectivity index (χ2v) is 7.54. The van der Waals surface area contributed by atoms with Crippen molar-refractivity contribution >= 4 is 12.1 Å². The predicted molar refractivity (Wildman–Crippen MR) is 101 cm³/mol. The van der Waals surface area contributed by atoms with Gasteiger partial charge in [0.05, 0.1) is 17.7 Å². The van der Waals surface area contributed by atoms with Crippen LogP contribution in [0.5, 0.6) is 0 Å². The third-order valence-corrected chi connectivity index (χ3v) is 5.42. The van der Waals surface area contributed by atoms with Gasteiger partial charge in [-0.25, -0.2) is 9.59 Å². The summed E-state index contributed by atoms with van der Waals surface area (Å²) in [5.74, 6) is 0. The molecule has 1 spiro atoms. The lowest BCUT2D eigenvalue weighted by atomic mass is 9.74. The van der Waals surface area contributed by atoms with Crippen molar-refractivity contribution in [2.45, 2.75) is 62.7 Å². The lowest BCUT2D eigenvalue weighted by Crippen LogP contribution is -2.51. The van der Waals surface area contributed by atoms with E-state index in [0.29, 0.717) is 13.0 Å². The van der Waals surface area contributed by atoms with Crippen LogP contribution in [0.2, 0.25) is 0 Å². The third-order valence-electron chi connectivity index (χ3n) is 5.42. The van der Waals surface area contributed by atoms with Gasteiger partial charge in [-0.3, -0.25) is 0 Å². The van der Waals surface area contributed by atoms with E-state index in [2.05, 4.69) is 10.6 Å². The molecule has 7 nitrogen and oxygen atoms in total. The van der Waals surface area contributed by atoms with E-state index >= 15 is 0 Å². The number of hydrogen-bond donors (Lipinski definition) is 3. The van der Waals surface area contributed by atoms with Crippen LogP contribution in [-0.2, 0) is 15.9 Å². The van der Waals surface area contributed by atoms with Crippen LogP contribution in [0, 0.1) is 0 Å². The molecule has 1 aromatic carbocycles. The molecule has 1 aromatic rings. The predicted octanol–water partition coefficient (Wildman–Crippen LogP) is 2.48. The average molecular weight is 375 g/mol. The topological polar surface area (TPSA) is 103 Å². The summed E-state index contributed by atoms with van der Waals surface area (Å²) in [6.07, 6.45) is 6.54. The number of benzene rings is 1.